The zero-order valence-corrected chi connectivity index (χ0v) is 14.0. The second kappa shape index (κ2) is 7.12. The third-order valence-corrected chi connectivity index (χ3v) is 4.52. The van der Waals surface area contributed by atoms with Crippen LogP contribution in [0.5, 0.6) is 0 Å². The maximum Gasteiger partial charge on any atom is 0.310 e. The van der Waals surface area contributed by atoms with Crippen molar-refractivity contribution in [3.05, 3.63) is 57.2 Å². The van der Waals surface area contributed by atoms with E-state index < -0.39 is 5.97 Å². The predicted molar refractivity (Wildman–Crippen MR) is 87.6 cm³/mol. The van der Waals surface area contributed by atoms with Gasteiger partial charge in [0.1, 0.15) is 0 Å². The van der Waals surface area contributed by atoms with Crippen LogP contribution in [0.15, 0.2) is 40.2 Å². The van der Waals surface area contributed by atoms with Gasteiger partial charge in [-0.05, 0) is 23.6 Å². The number of esters is 1. The van der Waals surface area contributed by atoms with Crippen molar-refractivity contribution in [3.8, 4) is 10.7 Å². The van der Waals surface area contributed by atoms with Crippen LogP contribution in [0.1, 0.15) is 11.5 Å². The molecule has 0 amide bonds. The topological polar surface area (TPSA) is 65.2 Å². The Hall–Kier alpha value is -1.89. The molecule has 0 radical (unpaired) electrons. The third-order valence-electron chi connectivity index (χ3n) is 2.95. The van der Waals surface area contributed by atoms with Gasteiger partial charge in [0.05, 0.1) is 11.3 Å². The smallest absolute Gasteiger partial charge is 0.310 e. The average Bonchev–Trinajstić information content (AvgIpc) is 3.19. The molecule has 2 aromatic heterocycles. The van der Waals surface area contributed by atoms with Gasteiger partial charge in [0.25, 0.3) is 5.89 Å². The van der Waals surface area contributed by atoms with Gasteiger partial charge in [-0.25, -0.2) is 0 Å². The van der Waals surface area contributed by atoms with E-state index in [4.69, 9.17) is 32.5 Å². The number of hydrogen-bond acceptors (Lipinski definition) is 6. The summed E-state index contributed by atoms with van der Waals surface area (Å²) in [4.78, 5) is 17.0. The largest absolute Gasteiger partial charge is 0.455 e. The first-order chi connectivity index (χ1) is 11.1. The summed E-state index contributed by atoms with van der Waals surface area (Å²) in [6.45, 7) is -0.0979. The van der Waals surface area contributed by atoms with Crippen LogP contribution in [0.3, 0.4) is 0 Å². The minimum absolute atomic E-state index is 0.0234. The van der Waals surface area contributed by atoms with Crippen molar-refractivity contribution in [2.75, 3.05) is 0 Å². The molecule has 0 aliphatic carbocycles. The van der Waals surface area contributed by atoms with Crippen molar-refractivity contribution in [2.24, 2.45) is 0 Å². The Morgan fingerprint density at radius 1 is 1.22 bits per heavy atom. The number of thiophene rings is 1. The molecule has 1 aromatic carbocycles. The molecule has 8 heteroatoms. The molecular formula is C15H10Cl2N2O3S. The summed E-state index contributed by atoms with van der Waals surface area (Å²) in [7, 11) is 0. The predicted octanol–water partition coefficient (Wildman–Crippen LogP) is 4.39. The summed E-state index contributed by atoms with van der Waals surface area (Å²) in [5, 5.41) is 6.60. The quantitative estimate of drug-likeness (QED) is 0.624. The van der Waals surface area contributed by atoms with E-state index in [0.29, 0.717) is 21.4 Å². The Labute approximate surface area is 145 Å². The van der Waals surface area contributed by atoms with E-state index in [1.165, 1.54) is 11.3 Å². The number of carbonyl (C=O) groups is 1. The molecule has 0 spiro atoms. The molecule has 0 N–H and O–H groups in total. The van der Waals surface area contributed by atoms with Crippen molar-refractivity contribution >= 4 is 40.5 Å². The zero-order valence-electron chi connectivity index (χ0n) is 11.7. The van der Waals surface area contributed by atoms with Crippen LogP contribution in [0.25, 0.3) is 10.7 Å². The van der Waals surface area contributed by atoms with Gasteiger partial charge in [-0.1, -0.05) is 40.5 Å². The number of hydrogen-bond donors (Lipinski definition) is 0. The summed E-state index contributed by atoms with van der Waals surface area (Å²) in [5.74, 6) is 0.225. The van der Waals surface area contributed by atoms with Crippen molar-refractivity contribution in [3.63, 3.8) is 0 Å². The fraction of sp³-hybridized carbons (Fsp3) is 0.133. The lowest BCUT2D eigenvalue weighted by Gasteiger charge is -2.06. The summed E-state index contributed by atoms with van der Waals surface area (Å²) in [6, 6.07) is 8.82. The number of aromatic nitrogens is 2. The zero-order chi connectivity index (χ0) is 16.2. The Morgan fingerprint density at radius 3 is 2.70 bits per heavy atom. The molecule has 0 unspecified atom stereocenters. The van der Waals surface area contributed by atoms with Crippen molar-refractivity contribution in [1.29, 1.82) is 0 Å². The lowest BCUT2D eigenvalue weighted by atomic mass is 10.1. The molecule has 0 fully saturated rings. The highest BCUT2D eigenvalue weighted by molar-refractivity contribution is 7.13. The molecule has 0 aliphatic rings. The molecule has 0 saturated carbocycles. The van der Waals surface area contributed by atoms with E-state index in [1.807, 2.05) is 17.5 Å². The summed E-state index contributed by atoms with van der Waals surface area (Å²) >= 11 is 13.5. The normalized spacial score (nSPS) is 10.7. The molecule has 23 heavy (non-hydrogen) atoms. The first kappa shape index (κ1) is 16.0. The number of halogens is 2. The van der Waals surface area contributed by atoms with E-state index in [2.05, 4.69) is 10.1 Å². The van der Waals surface area contributed by atoms with Crippen LogP contribution < -0.4 is 0 Å². The number of ether oxygens (including phenoxy) is 1. The van der Waals surface area contributed by atoms with Crippen LogP contribution >= 0.6 is 34.5 Å². The van der Waals surface area contributed by atoms with Gasteiger partial charge in [-0.15, -0.1) is 11.3 Å². The minimum Gasteiger partial charge on any atom is -0.455 e. The van der Waals surface area contributed by atoms with E-state index in [9.17, 15) is 4.79 Å². The Balaban J connectivity index is 1.59. The second-order valence-corrected chi connectivity index (χ2v) is 6.29. The van der Waals surface area contributed by atoms with E-state index in [1.54, 1.807) is 18.2 Å². The van der Waals surface area contributed by atoms with Crippen molar-refractivity contribution < 1.29 is 14.1 Å². The fourth-order valence-electron chi connectivity index (χ4n) is 1.86. The van der Waals surface area contributed by atoms with Gasteiger partial charge in [0, 0.05) is 15.6 Å². The molecule has 3 aromatic rings. The first-order valence-electron chi connectivity index (χ1n) is 6.58. The van der Waals surface area contributed by atoms with Gasteiger partial charge in [-0.2, -0.15) is 4.98 Å². The number of benzene rings is 1. The van der Waals surface area contributed by atoms with Gasteiger partial charge in [0.2, 0.25) is 5.82 Å². The van der Waals surface area contributed by atoms with Gasteiger partial charge >= 0.3 is 5.97 Å². The third kappa shape index (κ3) is 3.90. The fourth-order valence-corrected chi connectivity index (χ4v) is 3.04. The number of rotatable bonds is 5. The second-order valence-electron chi connectivity index (χ2n) is 4.53. The van der Waals surface area contributed by atoms with Gasteiger partial charge < -0.3 is 9.26 Å². The maximum atomic E-state index is 11.9. The standard InChI is InChI=1S/C15H10Cl2N2O3S/c16-10-3-1-4-11(17)9(10)7-14(20)21-8-13-18-15(19-22-13)12-5-2-6-23-12/h1-6H,7-8H2. The molecule has 5 nitrogen and oxygen atoms in total. The van der Waals surface area contributed by atoms with Gasteiger partial charge in [-0.3, -0.25) is 4.79 Å². The van der Waals surface area contributed by atoms with Crippen LogP contribution in [0.4, 0.5) is 0 Å². The monoisotopic (exact) mass is 368 g/mol. The maximum absolute atomic E-state index is 11.9. The molecule has 2 heterocycles. The first-order valence-corrected chi connectivity index (χ1v) is 8.22. The highest BCUT2D eigenvalue weighted by atomic mass is 35.5. The molecule has 3 rings (SSSR count). The van der Waals surface area contributed by atoms with Crippen molar-refractivity contribution in [1.82, 2.24) is 10.1 Å². The summed E-state index contributed by atoms with van der Waals surface area (Å²) < 4.78 is 10.2. The minimum atomic E-state index is -0.476. The van der Waals surface area contributed by atoms with E-state index in [-0.39, 0.29) is 18.9 Å². The molecule has 0 atom stereocenters. The summed E-state index contributed by atoms with van der Waals surface area (Å²) in [6.07, 6.45) is -0.0234. The molecule has 0 bridgehead atoms. The molecular weight excluding hydrogens is 359 g/mol. The number of nitrogens with zero attached hydrogens (tertiary/aromatic N) is 2. The molecule has 0 aliphatic heterocycles. The van der Waals surface area contributed by atoms with E-state index >= 15 is 0 Å². The number of carbonyl (C=O) groups excluding carboxylic acids is 1. The Morgan fingerprint density at radius 2 is 2.00 bits per heavy atom. The lowest BCUT2D eigenvalue weighted by molar-refractivity contribution is -0.144. The van der Waals surface area contributed by atoms with Crippen LogP contribution in [0, 0.1) is 0 Å². The van der Waals surface area contributed by atoms with Crippen LogP contribution in [-0.4, -0.2) is 16.1 Å². The van der Waals surface area contributed by atoms with Gasteiger partial charge in [0.15, 0.2) is 6.61 Å². The highest BCUT2D eigenvalue weighted by Crippen LogP contribution is 2.25. The van der Waals surface area contributed by atoms with Crippen molar-refractivity contribution in [2.45, 2.75) is 13.0 Å². The molecule has 118 valence electrons. The van der Waals surface area contributed by atoms with Crippen LogP contribution in [0.2, 0.25) is 10.0 Å². The molecule has 0 saturated heterocycles. The summed E-state index contributed by atoms with van der Waals surface area (Å²) in [5.41, 5.74) is 0.533. The van der Waals surface area contributed by atoms with E-state index in [0.717, 1.165) is 4.88 Å². The lowest BCUT2D eigenvalue weighted by Crippen LogP contribution is -2.09. The Bertz CT molecular complexity index is 798. The van der Waals surface area contributed by atoms with Crippen LogP contribution in [-0.2, 0) is 22.6 Å². The SMILES string of the molecule is O=C(Cc1c(Cl)cccc1Cl)OCc1nc(-c2cccs2)no1. The average molecular weight is 369 g/mol. The Kier molecular flexibility index (Phi) is 4.95. The highest BCUT2D eigenvalue weighted by Gasteiger charge is 2.14.